The van der Waals surface area contributed by atoms with Crippen LogP contribution in [0.3, 0.4) is 0 Å². The molecule has 1 heterocycles. The minimum atomic E-state index is -1.36. The standard InChI is InChI=1S/C8H10N2O5/c11-5(1-4-8(14)15)9-10-6(12)2-3-7(10)13/h1-4H2,(H,9,11)(H,14,15)/p-1. The van der Waals surface area contributed by atoms with Crippen LogP contribution in [0.15, 0.2) is 0 Å². The average Bonchev–Trinajstić information content (AvgIpc) is 2.46. The number of rotatable bonds is 4. The number of hydrazine groups is 1. The second-order valence-corrected chi connectivity index (χ2v) is 3.03. The second-order valence-electron chi connectivity index (χ2n) is 3.03. The summed E-state index contributed by atoms with van der Waals surface area (Å²) >= 11 is 0. The van der Waals surface area contributed by atoms with Crippen molar-refractivity contribution in [2.24, 2.45) is 0 Å². The van der Waals surface area contributed by atoms with Crippen molar-refractivity contribution in [1.29, 1.82) is 0 Å². The Hall–Kier alpha value is -1.92. The largest absolute Gasteiger partial charge is 0.550 e. The van der Waals surface area contributed by atoms with Crippen molar-refractivity contribution >= 4 is 23.7 Å². The fraction of sp³-hybridized carbons (Fsp3) is 0.500. The van der Waals surface area contributed by atoms with E-state index in [4.69, 9.17) is 0 Å². The quantitative estimate of drug-likeness (QED) is 0.528. The van der Waals surface area contributed by atoms with Crippen LogP contribution in [0.4, 0.5) is 0 Å². The van der Waals surface area contributed by atoms with Crippen LogP contribution < -0.4 is 10.5 Å². The third kappa shape index (κ3) is 3.04. The highest BCUT2D eigenvalue weighted by Gasteiger charge is 2.30. The summed E-state index contributed by atoms with van der Waals surface area (Å²) in [7, 11) is 0. The third-order valence-electron chi connectivity index (χ3n) is 1.84. The number of amides is 3. The predicted octanol–water partition coefficient (Wildman–Crippen LogP) is -2.30. The van der Waals surface area contributed by atoms with Gasteiger partial charge in [0.15, 0.2) is 0 Å². The Balaban J connectivity index is 2.40. The number of carbonyl (C=O) groups is 4. The highest BCUT2D eigenvalue weighted by molar-refractivity contribution is 6.03. The predicted molar refractivity (Wildman–Crippen MR) is 43.5 cm³/mol. The zero-order valence-corrected chi connectivity index (χ0v) is 7.82. The molecular weight excluding hydrogens is 204 g/mol. The molecular formula is C8H9N2O5-. The van der Waals surface area contributed by atoms with Gasteiger partial charge in [0.1, 0.15) is 0 Å². The number of nitrogens with one attached hydrogen (secondary N) is 1. The first-order chi connectivity index (χ1) is 7.00. The molecule has 0 radical (unpaired) electrons. The van der Waals surface area contributed by atoms with Gasteiger partial charge < -0.3 is 9.90 Å². The fourth-order valence-electron chi connectivity index (χ4n) is 1.10. The number of imide groups is 1. The van der Waals surface area contributed by atoms with Crippen LogP contribution >= 0.6 is 0 Å². The topological polar surface area (TPSA) is 107 Å². The lowest BCUT2D eigenvalue weighted by molar-refractivity contribution is -0.305. The van der Waals surface area contributed by atoms with Crippen LogP contribution in [0.2, 0.25) is 0 Å². The van der Waals surface area contributed by atoms with E-state index >= 15 is 0 Å². The van der Waals surface area contributed by atoms with Crippen LogP contribution in [0.1, 0.15) is 25.7 Å². The van der Waals surface area contributed by atoms with Crippen LogP contribution in [0, 0.1) is 0 Å². The number of hydrogen-bond donors (Lipinski definition) is 1. The maximum absolute atomic E-state index is 11.0. The molecule has 3 amide bonds. The first kappa shape index (κ1) is 11.2. The van der Waals surface area contributed by atoms with Crippen LogP contribution in [-0.4, -0.2) is 28.7 Å². The van der Waals surface area contributed by atoms with Gasteiger partial charge in [-0.05, 0) is 6.42 Å². The molecule has 15 heavy (non-hydrogen) atoms. The molecule has 0 saturated carbocycles. The van der Waals surface area contributed by atoms with Crippen molar-refractivity contribution in [1.82, 2.24) is 10.4 Å². The SMILES string of the molecule is O=C([O-])CCC(=O)NN1C(=O)CCC1=O. The Morgan fingerprint density at radius 3 is 2.20 bits per heavy atom. The third-order valence-corrected chi connectivity index (χ3v) is 1.84. The van der Waals surface area contributed by atoms with Gasteiger partial charge >= 0.3 is 0 Å². The van der Waals surface area contributed by atoms with E-state index in [-0.39, 0.29) is 19.3 Å². The van der Waals surface area contributed by atoms with E-state index < -0.39 is 30.1 Å². The summed E-state index contributed by atoms with van der Waals surface area (Å²) in [5.74, 6) is -3.02. The Labute approximate surface area is 85.0 Å². The molecule has 0 aromatic heterocycles. The molecule has 0 aliphatic carbocycles. The smallest absolute Gasteiger partial charge is 0.248 e. The van der Waals surface area contributed by atoms with Crippen LogP contribution in [0.25, 0.3) is 0 Å². The Kier molecular flexibility index (Phi) is 3.37. The number of aliphatic carboxylic acids is 1. The van der Waals surface area contributed by atoms with E-state index in [0.29, 0.717) is 5.01 Å². The number of carboxylic acid groups (broad SMARTS) is 1. The highest BCUT2D eigenvalue weighted by atomic mass is 16.4. The van der Waals surface area contributed by atoms with Crippen molar-refractivity contribution in [2.75, 3.05) is 0 Å². The average molecular weight is 213 g/mol. The molecule has 1 rings (SSSR count). The van der Waals surface area contributed by atoms with Crippen LogP contribution in [-0.2, 0) is 19.2 Å². The molecule has 0 bridgehead atoms. The summed E-state index contributed by atoms with van der Waals surface area (Å²) in [4.78, 5) is 43.1. The van der Waals surface area contributed by atoms with E-state index in [1.54, 1.807) is 0 Å². The van der Waals surface area contributed by atoms with Gasteiger partial charge in [-0.3, -0.25) is 19.8 Å². The lowest BCUT2D eigenvalue weighted by atomic mass is 10.3. The molecule has 1 saturated heterocycles. The van der Waals surface area contributed by atoms with Gasteiger partial charge in [-0.1, -0.05) is 0 Å². The molecule has 1 aliphatic rings. The van der Waals surface area contributed by atoms with Gasteiger partial charge in [-0.25, -0.2) is 0 Å². The van der Waals surface area contributed by atoms with Gasteiger partial charge in [-0.2, -0.15) is 5.01 Å². The molecule has 82 valence electrons. The summed E-state index contributed by atoms with van der Waals surface area (Å²) in [5, 5.41) is 10.7. The number of carbonyl (C=O) groups excluding carboxylic acids is 4. The van der Waals surface area contributed by atoms with Gasteiger partial charge in [0, 0.05) is 25.2 Å². The van der Waals surface area contributed by atoms with Gasteiger partial charge in [0.25, 0.3) is 0 Å². The lowest BCUT2D eigenvalue weighted by Crippen LogP contribution is -2.45. The van der Waals surface area contributed by atoms with E-state index in [1.165, 1.54) is 0 Å². The van der Waals surface area contributed by atoms with E-state index in [2.05, 4.69) is 0 Å². The molecule has 0 atom stereocenters. The molecule has 1 N–H and O–H groups in total. The highest BCUT2D eigenvalue weighted by Crippen LogP contribution is 2.08. The number of hydrogen-bond acceptors (Lipinski definition) is 5. The van der Waals surface area contributed by atoms with Crippen molar-refractivity contribution in [3.05, 3.63) is 0 Å². The maximum Gasteiger partial charge on any atom is 0.248 e. The zero-order valence-electron chi connectivity index (χ0n) is 7.82. The van der Waals surface area contributed by atoms with Crippen molar-refractivity contribution < 1.29 is 24.3 Å². The molecule has 0 spiro atoms. The van der Waals surface area contributed by atoms with Gasteiger partial charge in [0.05, 0.1) is 0 Å². The molecule has 7 heteroatoms. The minimum absolute atomic E-state index is 0.0690. The van der Waals surface area contributed by atoms with Crippen molar-refractivity contribution in [3.63, 3.8) is 0 Å². The van der Waals surface area contributed by atoms with Crippen molar-refractivity contribution in [3.8, 4) is 0 Å². The number of nitrogens with zero attached hydrogens (tertiary/aromatic N) is 1. The zero-order chi connectivity index (χ0) is 11.4. The molecule has 0 aromatic carbocycles. The molecule has 0 unspecified atom stereocenters. The van der Waals surface area contributed by atoms with E-state index in [0.717, 1.165) is 0 Å². The van der Waals surface area contributed by atoms with Gasteiger partial charge in [0.2, 0.25) is 17.7 Å². The normalized spacial score (nSPS) is 15.6. The fourth-order valence-corrected chi connectivity index (χ4v) is 1.10. The molecule has 7 nitrogen and oxygen atoms in total. The number of carboxylic acids is 1. The Morgan fingerprint density at radius 2 is 1.73 bits per heavy atom. The summed E-state index contributed by atoms with van der Waals surface area (Å²) in [6.45, 7) is 0. The second kappa shape index (κ2) is 4.54. The van der Waals surface area contributed by atoms with E-state index in [9.17, 15) is 24.3 Å². The Bertz CT molecular complexity index is 309. The van der Waals surface area contributed by atoms with E-state index in [1.807, 2.05) is 5.43 Å². The first-order valence-electron chi connectivity index (χ1n) is 4.36. The van der Waals surface area contributed by atoms with Crippen LogP contribution in [0.5, 0.6) is 0 Å². The van der Waals surface area contributed by atoms with Gasteiger partial charge in [-0.15, -0.1) is 0 Å². The molecule has 1 aliphatic heterocycles. The minimum Gasteiger partial charge on any atom is -0.550 e. The first-order valence-corrected chi connectivity index (χ1v) is 4.36. The summed E-state index contributed by atoms with van der Waals surface area (Å²) in [5.41, 5.74) is 2.04. The summed E-state index contributed by atoms with van der Waals surface area (Å²) in [6.07, 6.45) is -0.624. The summed E-state index contributed by atoms with van der Waals surface area (Å²) < 4.78 is 0. The monoisotopic (exact) mass is 213 g/mol. The molecule has 0 aromatic rings. The Morgan fingerprint density at radius 1 is 1.20 bits per heavy atom. The maximum atomic E-state index is 11.0. The molecule has 1 fully saturated rings. The summed E-state index contributed by atoms with van der Waals surface area (Å²) in [6, 6.07) is 0. The lowest BCUT2D eigenvalue weighted by Gasteiger charge is -2.14. The van der Waals surface area contributed by atoms with Crippen molar-refractivity contribution in [2.45, 2.75) is 25.7 Å².